The Morgan fingerprint density at radius 2 is 1.56 bits per heavy atom. The van der Waals surface area contributed by atoms with Gasteiger partial charge in [-0.15, -0.1) is 10.2 Å². The number of rotatable bonds is 5. The molecule has 0 radical (unpaired) electrons. The van der Waals surface area contributed by atoms with Crippen molar-refractivity contribution in [2.45, 2.75) is 6.04 Å². The standard InChI is InChI=1S/C21H15ClFN3O/c22-16-11-5-7-13-18(16)24-19(15-10-4-6-12-17(15)23)21-26-25-20(27-21)14-8-2-1-3-9-14/h1-13,19,24H/t19-/m1/s1. The van der Waals surface area contributed by atoms with Crippen LogP contribution < -0.4 is 5.32 Å². The van der Waals surface area contributed by atoms with Crippen molar-refractivity contribution in [1.29, 1.82) is 0 Å². The minimum atomic E-state index is -0.684. The van der Waals surface area contributed by atoms with Gasteiger partial charge in [0.05, 0.1) is 10.7 Å². The molecule has 0 aliphatic rings. The molecular formula is C21H15ClFN3O. The van der Waals surface area contributed by atoms with Gasteiger partial charge in [-0.2, -0.15) is 0 Å². The molecule has 1 heterocycles. The molecular weight excluding hydrogens is 365 g/mol. The van der Waals surface area contributed by atoms with Gasteiger partial charge in [0.2, 0.25) is 11.8 Å². The third-order valence-corrected chi connectivity index (χ3v) is 4.43. The number of benzene rings is 3. The van der Waals surface area contributed by atoms with Gasteiger partial charge in [0.15, 0.2) is 0 Å². The number of nitrogens with one attached hydrogen (secondary N) is 1. The van der Waals surface area contributed by atoms with E-state index in [1.807, 2.05) is 48.5 Å². The first-order chi connectivity index (χ1) is 13.2. The largest absolute Gasteiger partial charge is 0.418 e. The molecule has 0 bridgehead atoms. The van der Waals surface area contributed by atoms with Crippen molar-refractivity contribution in [1.82, 2.24) is 10.2 Å². The first-order valence-electron chi connectivity index (χ1n) is 8.36. The minimum absolute atomic E-state index is 0.249. The predicted octanol–water partition coefficient (Wildman–Crippen LogP) is 5.73. The van der Waals surface area contributed by atoms with Crippen molar-refractivity contribution in [3.05, 3.63) is 101 Å². The number of para-hydroxylation sites is 1. The molecule has 4 rings (SSSR count). The van der Waals surface area contributed by atoms with E-state index in [0.717, 1.165) is 5.56 Å². The summed E-state index contributed by atoms with van der Waals surface area (Å²) >= 11 is 6.26. The van der Waals surface area contributed by atoms with Crippen LogP contribution in [0, 0.1) is 5.82 Å². The Hall–Kier alpha value is -3.18. The fourth-order valence-corrected chi connectivity index (χ4v) is 2.95. The number of aromatic nitrogens is 2. The molecule has 1 atom stereocenters. The van der Waals surface area contributed by atoms with Crippen molar-refractivity contribution in [2.24, 2.45) is 0 Å². The summed E-state index contributed by atoms with van der Waals surface area (Å²) in [5, 5.41) is 12.0. The van der Waals surface area contributed by atoms with Crippen LogP contribution in [-0.2, 0) is 0 Å². The van der Waals surface area contributed by atoms with Crippen molar-refractivity contribution in [3.63, 3.8) is 0 Å². The molecule has 27 heavy (non-hydrogen) atoms. The summed E-state index contributed by atoms with van der Waals surface area (Å²) in [6.45, 7) is 0. The van der Waals surface area contributed by atoms with Gasteiger partial charge in [-0.3, -0.25) is 0 Å². The third-order valence-electron chi connectivity index (χ3n) is 4.10. The topological polar surface area (TPSA) is 51.0 Å². The van der Waals surface area contributed by atoms with Crippen LogP contribution in [0.3, 0.4) is 0 Å². The summed E-state index contributed by atoms with van der Waals surface area (Å²) in [5.41, 5.74) is 1.83. The molecule has 0 saturated heterocycles. The number of hydrogen-bond donors (Lipinski definition) is 1. The average Bonchev–Trinajstić information content (AvgIpc) is 3.19. The monoisotopic (exact) mass is 379 g/mol. The van der Waals surface area contributed by atoms with Crippen LogP contribution in [0.5, 0.6) is 0 Å². The highest BCUT2D eigenvalue weighted by Gasteiger charge is 2.24. The van der Waals surface area contributed by atoms with E-state index in [4.69, 9.17) is 16.0 Å². The fourth-order valence-electron chi connectivity index (χ4n) is 2.76. The van der Waals surface area contributed by atoms with E-state index in [9.17, 15) is 4.39 Å². The molecule has 0 aliphatic heterocycles. The van der Waals surface area contributed by atoms with Gasteiger partial charge in [0, 0.05) is 11.1 Å². The predicted molar refractivity (Wildman–Crippen MR) is 103 cm³/mol. The Morgan fingerprint density at radius 1 is 0.852 bits per heavy atom. The second-order valence-electron chi connectivity index (χ2n) is 5.89. The van der Waals surface area contributed by atoms with Gasteiger partial charge in [0.25, 0.3) is 0 Å². The van der Waals surface area contributed by atoms with Crippen molar-refractivity contribution in [3.8, 4) is 11.5 Å². The molecule has 0 saturated carbocycles. The number of halogens is 2. The highest BCUT2D eigenvalue weighted by Crippen LogP contribution is 2.32. The van der Waals surface area contributed by atoms with E-state index in [0.29, 0.717) is 22.2 Å². The van der Waals surface area contributed by atoms with Gasteiger partial charge in [0.1, 0.15) is 11.9 Å². The quantitative estimate of drug-likeness (QED) is 0.481. The molecule has 1 N–H and O–H groups in total. The molecule has 3 aromatic carbocycles. The lowest BCUT2D eigenvalue weighted by molar-refractivity contribution is 0.485. The Balaban J connectivity index is 1.76. The molecule has 0 amide bonds. The van der Waals surface area contributed by atoms with Gasteiger partial charge >= 0.3 is 0 Å². The van der Waals surface area contributed by atoms with Gasteiger partial charge < -0.3 is 9.73 Å². The van der Waals surface area contributed by atoms with E-state index < -0.39 is 6.04 Å². The summed E-state index contributed by atoms with van der Waals surface area (Å²) in [4.78, 5) is 0. The van der Waals surface area contributed by atoms with Crippen LogP contribution in [0.2, 0.25) is 5.02 Å². The van der Waals surface area contributed by atoms with Crippen LogP contribution >= 0.6 is 11.6 Å². The molecule has 4 aromatic rings. The first kappa shape index (κ1) is 17.2. The minimum Gasteiger partial charge on any atom is -0.418 e. The van der Waals surface area contributed by atoms with Crippen molar-refractivity contribution in [2.75, 3.05) is 5.32 Å². The third kappa shape index (κ3) is 3.68. The highest BCUT2D eigenvalue weighted by molar-refractivity contribution is 6.33. The number of nitrogens with zero attached hydrogens (tertiary/aromatic N) is 2. The molecule has 0 aliphatic carbocycles. The van der Waals surface area contributed by atoms with Gasteiger partial charge in [-0.1, -0.05) is 60.1 Å². The summed E-state index contributed by atoms with van der Waals surface area (Å²) in [6, 6.07) is 22.4. The SMILES string of the molecule is Fc1ccccc1[C@@H](Nc1ccccc1Cl)c1nnc(-c2ccccc2)o1. The van der Waals surface area contributed by atoms with E-state index >= 15 is 0 Å². The van der Waals surface area contributed by atoms with Gasteiger partial charge in [-0.05, 0) is 30.3 Å². The highest BCUT2D eigenvalue weighted by atomic mass is 35.5. The Morgan fingerprint density at radius 3 is 2.33 bits per heavy atom. The van der Waals surface area contributed by atoms with E-state index in [-0.39, 0.29) is 11.7 Å². The van der Waals surface area contributed by atoms with Crippen LogP contribution in [0.1, 0.15) is 17.5 Å². The molecule has 0 spiro atoms. The van der Waals surface area contributed by atoms with E-state index in [1.165, 1.54) is 6.07 Å². The second-order valence-corrected chi connectivity index (χ2v) is 6.30. The van der Waals surface area contributed by atoms with Crippen LogP contribution in [0.25, 0.3) is 11.5 Å². The number of hydrogen-bond acceptors (Lipinski definition) is 4. The summed E-state index contributed by atoms with van der Waals surface area (Å²) in [5.74, 6) is 0.244. The molecule has 0 fully saturated rings. The lowest BCUT2D eigenvalue weighted by Gasteiger charge is -2.18. The van der Waals surface area contributed by atoms with Crippen molar-refractivity contribution < 1.29 is 8.81 Å². The zero-order chi connectivity index (χ0) is 18.6. The molecule has 4 nitrogen and oxygen atoms in total. The molecule has 1 aromatic heterocycles. The summed E-state index contributed by atoms with van der Waals surface area (Å²) in [6.07, 6.45) is 0. The molecule has 0 unspecified atom stereocenters. The van der Waals surface area contributed by atoms with E-state index in [2.05, 4.69) is 15.5 Å². The Bertz CT molecular complexity index is 1050. The summed E-state index contributed by atoms with van der Waals surface area (Å²) < 4.78 is 20.4. The molecule has 134 valence electrons. The van der Waals surface area contributed by atoms with Crippen LogP contribution in [0.15, 0.2) is 83.3 Å². The van der Waals surface area contributed by atoms with E-state index in [1.54, 1.807) is 24.3 Å². The zero-order valence-electron chi connectivity index (χ0n) is 14.1. The number of anilines is 1. The van der Waals surface area contributed by atoms with Gasteiger partial charge in [-0.25, -0.2) is 4.39 Å². The lowest BCUT2D eigenvalue weighted by Crippen LogP contribution is -2.14. The van der Waals surface area contributed by atoms with Crippen molar-refractivity contribution >= 4 is 17.3 Å². The Labute approximate surface area is 160 Å². The first-order valence-corrected chi connectivity index (χ1v) is 8.74. The lowest BCUT2D eigenvalue weighted by atomic mass is 10.1. The second kappa shape index (κ2) is 7.60. The smallest absolute Gasteiger partial charge is 0.247 e. The van der Waals surface area contributed by atoms with Crippen LogP contribution in [0.4, 0.5) is 10.1 Å². The maximum atomic E-state index is 14.5. The maximum absolute atomic E-state index is 14.5. The fraction of sp³-hybridized carbons (Fsp3) is 0.0476. The molecule has 6 heteroatoms. The maximum Gasteiger partial charge on any atom is 0.247 e. The summed E-state index contributed by atoms with van der Waals surface area (Å²) in [7, 11) is 0. The Kier molecular flexibility index (Phi) is 4.85. The zero-order valence-corrected chi connectivity index (χ0v) is 14.9. The normalized spacial score (nSPS) is 11.9. The van der Waals surface area contributed by atoms with Crippen LogP contribution in [-0.4, -0.2) is 10.2 Å². The average molecular weight is 380 g/mol.